The molecule has 0 unspecified atom stereocenters. The Morgan fingerprint density at radius 2 is 1.96 bits per heavy atom. The fourth-order valence-electron chi connectivity index (χ4n) is 3.48. The van der Waals surface area contributed by atoms with Crippen molar-refractivity contribution in [3.63, 3.8) is 0 Å². The lowest BCUT2D eigenvalue weighted by Crippen LogP contribution is -2.33. The zero-order chi connectivity index (χ0) is 18.6. The summed E-state index contributed by atoms with van der Waals surface area (Å²) in [5.41, 5.74) is 1.52. The molecule has 1 saturated heterocycles. The van der Waals surface area contributed by atoms with Crippen molar-refractivity contribution >= 4 is 16.8 Å². The van der Waals surface area contributed by atoms with Crippen LogP contribution in [0.1, 0.15) is 23.3 Å². The summed E-state index contributed by atoms with van der Waals surface area (Å²) < 4.78 is 8.00. The number of aryl methyl sites for hydroxylation is 1. The molecular formula is C21H24N4O2. The maximum absolute atomic E-state index is 12.4. The van der Waals surface area contributed by atoms with Crippen molar-refractivity contribution < 1.29 is 9.53 Å². The van der Waals surface area contributed by atoms with Gasteiger partial charge in [0.2, 0.25) is 0 Å². The lowest BCUT2D eigenvalue weighted by atomic mass is 10.2. The van der Waals surface area contributed by atoms with E-state index in [9.17, 15) is 4.79 Å². The first-order valence-corrected chi connectivity index (χ1v) is 9.38. The molecule has 3 aromatic rings. The van der Waals surface area contributed by atoms with E-state index in [1.165, 1.54) is 12.8 Å². The van der Waals surface area contributed by atoms with Crippen molar-refractivity contribution in [3.05, 3.63) is 54.5 Å². The molecule has 0 saturated carbocycles. The van der Waals surface area contributed by atoms with E-state index in [1.54, 1.807) is 18.3 Å². The molecule has 6 heteroatoms. The number of likely N-dealkylation sites (tertiary alicyclic amines) is 1. The van der Waals surface area contributed by atoms with Crippen molar-refractivity contribution in [2.45, 2.75) is 12.8 Å². The number of pyridine rings is 1. The zero-order valence-electron chi connectivity index (χ0n) is 15.5. The summed E-state index contributed by atoms with van der Waals surface area (Å²) >= 11 is 0. The van der Waals surface area contributed by atoms with Gasteiger partial charge in [-0.05, 0) is 56.3 Å². The van der Waals surface area contributed by atoms with Crippen molar-refractivity contribution in [2.75, 3.05) is 26.2 Å². The lowest BCUT2D eigenvalue weighted by molar-refractivity contribution is 0.0944. The average molecular weight is 364 g/mol. The minimum Gasteiger partial charge on any atom is -0.457 e. The van der Waals surface area contributed by atoms with Gasteiger partial charge in [-0.15, -0.1) is 0 Å². The largest absolute Gasteiger partial charge is 0.457 e. The van der Waals surface area contributed by atoms with Gasteiger partial charge in [-0.3, -0.25) is 9.78 Å². The number of nitrogens with zero attached hydrogens (tertiary/aromatic N) is 3. The number of carbonyl (C=O) groups excluding carboxylic acids is 1. The second-order valence-electron chi connectivity index (χ2n) is 6.93. The van der Waals surface area contributed by atoms with Gasteiger partial charge in [0, 0.05) is 49.5 Å². The van der Waals surface area contributed by atoms with E-state index in [4.69, 9.17) is 4.74 Å². The van der Waals surface area contributed by atoms with E-state index in [-0.39, 0.29) is 5.91 Å². The van der Waals surface area contributed by atoms with Gasteiger partial charge >= 0.3 is 0 Å². The third kappa shape index (κ3) is 4.11. The molecule has 0 atom stereocenters. The van der Waals surface area contributed by atoms with Gasteiger partial charge in [-0.2, -0.15) is 0 Å². The Labute approximate surface area is 158 Å². The smallest absolute Gasteiger partial charge is 0.270 e. The van der Waals surface area contributed by atoms with Crippen LogP contribution in [0.2, 0.25) is 0 Å². The highest BCUT2D eigenvalue weighted by atomic mass is 16.5. The van der Waals surface area contributed by atoms with Gasteiger partial charge < -0.3 is 19.5 Å². The Kier molecular flexibility index (Phi) is 5.07. The maximum Gasteiger partial charge on any atom is 0.270 e. The Morgan fingerprint density at radius 3 is 2.81 bits per heavy atom. The number of aromatic nitrogens is 2. The highest BCUT2D eigenvalue weighted by molar-refractivity contribution is 5.92. The average Bonchev–Trinajstić information content (AvgIpc) is 3.32. The molecule has 2 aromatic heterocycles. The Bertz CT molecular complexity index is 944. The predicted octanol–water partition coefficient (Wildman–Crippen LogP) is 3.19. The summed E-state index contributed by atoms with van der Waals surface area (Å²) in [4.78, 5) is 18.9. The molecule has 6 nitrogen and oxygen atoms in total. The van der Waals surface area contributed by atoms with Crippen LogP contribution in [0.4, 0.5) is 0 Å². The van der Waals surface area contributed by atoms with E-state index < -0.39 is 0 Å². The van der Waals surface area contributed by atoms with Crippen LogP contribution in [0.25, 0.3) is 10.9 Å². The fraction of sp³-hybridized carbons (Fsp3) is 0.333. The SMILES string of the molecule is Cn1ccc2cc(Oc3ccnc(C(=O)NCCN4CCCC4)c3)ccc21. The highest BCUT2D eigenvalue weighted by Crippen LogP contribution is 2.26. The summed E-state index contributed by atoms with van der Waals surface area (Å²) in [6.07, 6.45) is 6.13. The summed E-state index contributed by atoms with van der Waals surface area (Å²) in [5.74, 6) is 1.17. The van der Waals surface area contributed by atoms with Crippen molar-refractivity contribution in [2.24, 2.45) is 7.05 Å². The normalized spacial score (nSPS) is 14.6. The van der Waals surface area contributed by atoms with Crippen molar-refractivity contribution in [1.82, 2.24) is 19.8 Å². The third-order valence-corrected chi connectivity index (χ3v) is 4.97. The van der Waals surface area contributed by atoms with E-state index in [0.717, 1.165) is 36.3 Å². The molecule has 140 valence electrons. The maximum atomic E-state index is 12.4. The number of fused-ring (bicyclic) bond motifs is 1. The molecule has 1 fully saturated rings. The van der Waals surface area contributed by atoms with Crippen LogP contribution < -0.4 is 10.1 Å². The van der Waals surface area contributed by atoms with Crippen LogP contribution in [0.3, 0.4) is 0 Å². The van der Waals surface area contributed by atoms with Gasteiger partial charge in [-0.25, -0.2) is 0 Å². The Balaban J connectivity index is 1.39. The molecule has 0 bridgehead atoms. The van der Waals surface area contributed by atoms with E-state index >= 15 is 0 Å². The standard InChI is InChI=1S/C21H24N4O2/c1-24-12-7-16-14-17(4-5-20(16)24)27-18-6-8-22-19(15-18)21(26)23-9-13-25-10-2-3-11-25/h4-8,12,14-15H,2-3,9-11,13H2,1H3,(H,23,26). The van der Waals surface area contributed by atoms with E-state index in [1.807, 2.05) is 37.5 Å². The van der Waals surface area contributed by atoms with Crippen LogP contribution in [-0.2, 0) is 7.05 Å². The van der Waals surface area contributed by atoms with Crippen molar-refractivity contribution in [1.29, 1.82) is 0 Å². The molecule has 4 rings (SSSR count). The molecular weight excluding hydrogens is 340 g/mol. The van der Waals surface area contributed by atoms with Crippen molar-refractivity contribution in [3.8, 4) is 11.5 Å². The molecule has 0 aliphatic carbocycles. The summed E-state index contributed by atoms with van der Waals surface area (Å²) in [7, 11) is 2.01. The first kappa shape index (κ1) is 17.5. The van der Waals surface area contributed by atoms with Gasteiger partial charge in [0.15, 0.2) is 0 Å². The fourth-order valence-corrected chi connectivity index (χ4v) is 3.48. The second kappa shape index (κ2) is 7.80. The number of carbonyl (C=O) groups is 1. The molecule has 27 heavy (non-hydrogen) atoms. The second-order valence-corrected chi connectivity index (χ2v) is 6.93. The monoisotopic (exact) mass is 364 g/mol. The molecule has 1 aromatic carbocycles. The Morgan fingerprint density at radius 1 is 1.15 bits per heavy atom. The highest BCUT2D eigenvalue weighted by Gasteiger charge is 2.13. The number of amides is 1. The zero-order valence-corrected chi connectivity index (χ0v) is 15.5. The molecule has 0 spiro atoms. The number of nitrogens with one attached hydrogen (secondary N) is 1. The quantitative estimate of drug-likeness (QED) is 0.730. The third-order valence-electron chi connectivity index (χ3n) is 4.97. The van der Waals surface area contributed by atoms with Gasteiger partial charge in [-0.1, -0.05) is 0 Å². The topological polar surface area (TPSA) is 59.4 Å². The van der Waals surface area contributed by atoms with Crippen LogP contribution >= 0.6 is 0 Å². The van der Waals surface area contributed by atoms with Gasteiger partial charge in [0.05, 0.1) is 0 Å². The van der Waals surface area contributed by atoms with E-state index in [0.29, 0.717) is 18.0 Å². The number of rotatable bonds is 6. The Hall–Kier alpha value is -2.86. The number of hydrogen-bond acceptors (Lipinski definition) is 4. The molecule has 1 aliphatic rings. The molecule has 3 heterocycles. The van der Waals surface area contributed by atoms with E-state index in [2.05, 4.69) is 19.8 Å². The van der Waals surface area contributed by atoms with Crippen LogP contribution in [0, 0.1) is 0 Å². The lowest BCUT2D eigenvalue weighted by Gasteiger charge is -2.14. The molecule has 1 amide bonds. The minimum atomic E-state index is -0.168. The van der Waals surface area contributed by atoms with Gasteiger partial charge in [0.1, 0.15) is 17.2 Å². The van der Waals surface area contributed by atoms with Gasteiger partial charge in [0.25, 0.3) is 5.91 Å². The first-order valence-electron chi connectivity index (χ1n) is 9.38. The van der Waals surface area contributed by atoms with Crippen LogP contribution in [0.5, 0.6) is 11.5 Å². The molecule has 1 N–H and O–H groups in total. The molecule has 1 aliphatic heterocycles. The van der Waals surface area contributed by atoms with Crippen LogP contribution in [-0.4, -0.2) is 46.5 Å². The number of hydrogen-bond donors (Lipinski definition) is 1. The summed E-state index contributed by atoms with van der Waals surface area (Å²) in [6, 6.07) is 11.4. The number of ether oxygens (including phenoxy) is 1. The minimum absolute atomic E-state index is 0.168. The summed E-state index contributed by atoms with van der Waals surface area (Å²) in [5, 5.41) is 4.06. The molecule has 0 radical (unpaired) electrons. The predicted molar refractivity (Wildman–Crippen MR) is 105 cm³/mol. The first-order chi connectivity index (χ1) is 13.2. The summed E-state index contributed by atoms with van der Waals surface area (Å²) in [6.45, 7) is 3.78. The van der Waals surface area contributed by atoms with Crippen LogP contribution in [0.15, 0.2) is 48.8 Å². The number of benzene rings is 1.